The molecule has 0 saturated heterocycles. The van der Waals surface area contributed by atoms with Gasteiger partial charge in [0.2, 0.25) is 11.7 Å². The maximum Gasteiger partial charge on any atom is 0.295 e. The van der Waals surface area contributed by atoms with Crippen molar-refractivity contribution in [2.24, 2.45) is 5.73 Å². The summed E-state index contributed by atoms with van der Waals surface area (Å²) in [6, 6.07) is 7.99. The van der Waals surface area contributed by atoms with Crippen molar-refractivity contribution in [3.8, 4) is 0 Å². The lowest BCUT2D eigenvalue weighted by Gasteiger charge is -2.02. The summed E-state index contributed by atoms with van der Waals surface area (Å²) in [6.45, 7) is 1.84. The van der Waals surface area contributed by atoms with Crippen molar-refractivity contribution < 1.29 is 9.59 Å². The van der Waals surface area contributed by atoms with Gasteiger partial charge in [-0.05, 0) is 37.3 Å². The van der Waals surface area contributed by atoms with Crippen molar-refractivity contribution in [2.75, 3.05) is 5.32 Å². The second-order valence-corrected chi connectivity index (χ2v) is 4.63. The predicted octanol–water partition coefficient (Wildman–Crippen LogP) is 0.784. The lowest BCUT2D eigenvalue weighted by molar-refractivity contribution is 0.0997. The highest BCUT2D eigenvalue weighted by Gasteiger charge is 2.14. The Hall–Kier alpha value is -3.29. The van der Waals surface area contributed by atoms with Crippen LogP contribution in [0.2, 0.25) is 0 Å². The Morgan fingerprint density at radius 1 is 1.18 bits per heavy atom. The summed E-state index contributed by atoms with van der Waals surface area (Å²) < 4.78 is 1.49. The Labute approximate surface area is 125 Å². The molecule has 0 aliphatic rings. The van der Waals surface area contributed by atoms with Gasteiger partial charge in [-0.25, -0.2) is 9.50 Å². The monoisotopic (exact) mass is 296 g/mol. The molecule has 2 amide bonds. The van der Waals surface area contributed by atoms with Crippen LogP contribution < -0.4 is 11.1 Å². The molecule has 3 N–H and O–H groups in total. The Morgan fingerprint density at radius 2 is 1.91 bits per heavy atom. The maximum atomic E-state index is 12.1. The third-order valence-electron chi connectivity index (χ3n) is 3.06. The fourth-order valence-corrected chi connectivity index (χ4v) is 1.91. The van der Waals surface area contributed by atoms with Gasteiger partial charge in [-0.1, -0.05) is 0 Å². The molecule has 0 spiro atoms. The maximum absolute atomic E-state index is 12.1. The number of nitrogens with zero attached hydrogens (tertiary/aromatic N) is 4. The molecule has 0 aliphatic carbocycles. The molecule has 22 heavy (non-hydrogen) atoms. The fourth-order valence-electron chi connectivity index (χ4n) is 1.91. The molecule has 0 bridgehead atoms. The van der Waals surface area contributed by atoms with Gasteiger partial charge in [0.15, 0.2) is 0 Å². The number of hydrogen-bond donors (Lipinski definition) is 2. The Kier molecular flexibility index (Phi) is 3.26. The molecule has 8 heteroatoms. The molecule has 3 aromatic rings. The molecule has 0 atom stereocenters. The second kappa shape index (κ2) is 5.24. The molecule has 0 fully saturated rings. The Morgan fingerprint density at radius 3 is 2.55 bits per heavy atom. The fraction of sp³-hybridized carbons (Fsp3) is 0.0714. The summed E-state index contributed by atoms with van der Waals surface area (Å²) in [4.78, 5) is 31.2. The van der Waals surface area contributed by atoms with Crippen molar-refractivity contribution in [3.05, 3.63) is 53.6 Å². The number of aromatic nitrogens is 4. The molecule has 2 aromatic heterocycles. The van der Waals surface area contributed by atoms with Crippen LogP contribution in [0.5, 0.6) is 0 Å². The van der Waals surface area contributed by atoms with Crippen LogP contribution in [0.25, 0.3) is 5.78 Å². The number of fused-ring (bicyclic) bond motifs is 1. The molecule has 110 valence electrons. The molecule has 3 rings (SSSR count). The van der Waals surface area contributed by atoms with Crippen LogP contribution in [0.15, 0.2) is 36.5 Å². The van der Waals surface area contributed by atoms with Crippen LogP contribution in [-0.4, -0.2) is 31.4 Å². The van der Waals surface area contributed by atoms with Gasteiger partial charge < -0.3 is 11.1 Å². The number of benzene rings is 1. The first-order chi connectivity index (χ1) is 10.5. The number of primary amides is 1. The Balaban J connectivity index is 1.83. The van der Waals surface area contributed by atoms with Gasteiger partial charge in [0.25, 0.3) is 11.7 Å². The van der Waals surface area contributed by atoms with Gasteiger partial charge in [0, 0.05) is 23.1 Å². The van der Waals surface area contributed by atoms with E-state index < -0.39 is 11.8 Å². The molecular formula is C14H12N6O2. The minimum Gasteiger partial charge on any atom is -0.366 e. The summed E-state index contributed by atoms with van der Waals surface area (Å²) in [5.41, 5.74) is 6.86. The predicted molar refractivity (Wildman–Crippen MR) is 78.4 cm³/mol. The van der Waals surface area contributed by atoms with Crippen LogP contribution in [0.3, 0.4) is 0 Å². The van der Waals surface area contributed by atoms with E-state index in [-0.39, 0.29) is 5.82 Å². The first-order valence-electron chi connectivity index (χ1n) is 6.44. The average molecular weight is 296 g/mol. The normalized spacial score (nSPS) is 10.6. The van der Waals surface area contributed by atoms with Crippen LogP contribution in [0, 0.1) is 6.92 Å². The van der Waals surface area contributed by atoms with Crippen molar-refractivity contribution in [2.45, 2.75) is 6.92 Å². The average Bonchev–Trinajstić information content (AvgIpc) is 2.93. The SMILES string of the molecule is Cc1ccnc2nc(C(=O)Nc3ccc(C(N)=O)cc3)nn12. The number of aryl methyl sites for hydroxylation is 1. The highest BCUT2D eigenvalue weighted by Crippen LogP contribution is 2.10. The number of hydrogen-bond acceptors (Lipinski definition) is 5. The lowest BCUT2D eigenvalue weighted by Crippen LogP contribution is -2.15. The van der Waals surface area contributed by atoms with Crippen molar-refractivity contribution >= 4 is 23.3 Å². The topological polar surface area (TPSA) is 115 Å². The highest BCUT2D eigenvalue weighted by atomic mass is 16.2. The largest absolute Gasteiger partial charge is 0.366 e. The summed E-state index contributed by atoms with van der Waals surface area (Å²) in [7, 11) is 0. The molecular weight excluding hydrogens is 284 g/mol. The van der Waals surface area contributed by atoms with E-state index in [0.717, 1.165) is 5.69 Å². The van der Waals surface area contributed by atoms with Crippen LogP contribution >= 0.6 is 0 Å². The lowest BCUT2D eigenvalue weighted by atomic mass is 10.2. The van der Waals surface area contributed by atoms with Gasteiger partial charge in [0.1, 0.15) is 0 Å². The van der Waals surface area contributed by atoms with Gasteiger partial charge in [0.05, 0.1) is 0 Å². The molecule has 0 radical (unpaired) electrons. The summed E-state index contributed by atoms with van der Waals surface area (Å²) in [5, 5.41) is 6.76. The number of rotatable bonds is 3. The number of carbonyl (C=O) groups excluding carboxylic acids is 2. The first kappa shape index (κ1) is 13.7. The number of amides is 2. The second-order valence-electron chi connectivity index (χ2n) is 4.63. The highest BCUT2D eigenvalue weighted by molar-refractivity contribution is 6.02. The molecule has 2 heterocycles. The number of nitrogens with one attached hydrogen (secondary N) is 1. The van der Waals surface area contributed by atoms with Crippen molar-refractivity contribution in [3.63, 3.8) is 0 Å². The minimum absolute atomic E-state index is 0.0146. The standard InChI is InChI=1S/C14H12N6O2/c1-8-6-7-16-14-18-12(19-20(8)14)13(22)17-10-4-2-9(3-5-10)11(15)21/h2-7H,1H3,(H2,15,21)(H,17,22). The first-order valence-corrected chi connectivity index (χ1v) is 6.44. The molecule has 8 nitrogen and oxygen atoms in total. The van der Waals surface area contributed by atoms with Crippen molar-refractivity contribution in [1.82, 2.24) is 19.6 Å². The van der Waals surface area contributed by atoms with Crippen LogP contribution in [0.1, 0.15) is 26.7 Å². The van der Waals surface area contributed by atoms with E-state index in [9.17, 15) is 9.59 Å². The molecule has 0 aliphatic heterocycles. The van der Waals surface area contributed by atoms with Gasteiger partial charge in [-0.3, -0.25) is 9.59 Å². The van der Waals surface area contributed by atoms with Crippen molar-refractivity contribution in [1.29, 1.82) is 0 Å². The van der Waals surface area contributed by atoms with Gasteiger partial charge in [-0.15, -0.1) is 5.10 Å². The summed E-state index contributed by atoms with van der Waals surface area (Å²) in [6.07, 6.45) is 1.60. The van der Waals surface area contributed by atoms with Gasteiger partial charge in [-0.2, -0.15) is 4.98 Å². The van der Waals surface area contributed by atoms with E-state index >= 15 is 0 Å². The Bertz CT molecular complexity index is 869. The van der Waals surface area contributed by atoms with E-state index in [1.165, 1.54) is 16.6 Å². The smallest absolute Gasteiger partial charge is 0.295 e. The van der Waals surface area contributed by atoms with Crippen LogP contribution in [-0.2, 0) is 0 Å². The molecule has 1 aromatic carbocycles. The zero-order valence-corrected chi connectivity index (χ0v) is 11.6. The number of carbonyl (C=O) groups is 2. The summed E-state index contributed by atoms with van der Waals surface area (Å²) >= 11 is 0. The van der Waals surface area contributed by atoms with E-state index in [1.807, 2.05) is 6.92 Å². The minimum atomic E-state index is -0.526. The third-order valence-corrected chi connectivity index (χ3v) is 3.06. The van der Waals surface area contributed by atoms with E-state index in [1.54, 1.807) is 24.4 Å². The van der Waals surface area contributed by atoms with E-state index in [2.05, 4.69) is 20.4 Å². The third kappa shape index (κ3) is 2.49. The molecule has 0 saturated carbocycles. The quantitative estimate of drug-likeness (QED) is 0.741. The summed E-state index contributed by atoms with van der Waals surface area (Å²) in [5.74, 6) is -0.617. The number of nitrogens with two attached hydrogens (primary N) is 1. The van der Waals surface area contributed by atoms with E-state index in [4.69, 9.17) is 5.73 Å². The zero-order valence-electron chi connectivity index (χ0n) is 11.6. The molecule has 0 unspecified atom stereocenters. The van der Waals surface area contributed by atoms with Crippen LogP contribution in [0.4, 0.5) is 5.69 Å². The van der Waals surface area contributed by atoms with E-state index in [0.29, 0.717) is 17.0 Å². The number of anilines is 1. The van der Waals surface area contributed by atoms with Gasteiger partial charge >= 0.3 is 0 Å². The zero-order chi connectivity index (χ0) is 15.7.